The number of aliphatic carboxylic acids is 2. The molecule has 2 aromatic rings. The lowest BCUT2D eigenvalue weighted by Gasteiger charge is -2.40. The Balaban J connectivity index is 1.67. The number of nitrogens with zero attached hydrogens (tertiary/aromatic N) is 2. The Morgan fingerprint density at radius 3 is 2.57 bits per heavy atom. The normalized spacial score (nSPS) is 22.5. The topological polar surface area (TPSA) is 150 Å². The van der Waals surface area contributed by atoms with Gasteiger partial charge >= 0.3 is 11.9 Å². The van der Waals surface area contributed by atoms with Crippen LogP contribution in [0.2, 0.25) is 0 Å². The number of thioether (sulfide) groups is 1. The van der Waals surface area contributed by atoms with Crippen molar-refractivity contribution < 1.29 is 29.5 Å². The average molecular weight is 500 g/mol. The summed E-state index contributed by atoms with van der Waals surface area (Å²) in [5, 5.41) is 34.0. The third kappa shape index (κ3) is 5.30. The maximum atomic E-state index is 13.7. The molecular weight excluding hydrogens is 474 g/mol. The zero-order chi connectivity index (χ0) is 25.1. The fourth-order valence-corrected chi connectivity index (χ4v) is 5.92. The van der Waals surface area contributed by atoms with Crippen molar-refractivity contribution in [3.05, 3.63) is 75.3 Å². The highest BCUT2D eigenvalue weighted by Gasteiger charge is 2.45. The number of amides is 1. The summed E-state index contributed by atoms with van der Waals surface area (Å²) in [6.07, 6.45) is 0.818. The van der Waals surface area contributed by atoms with Crippen LogP contribution in [0.15, 0.2) is 48.5 Å². The van der Waals surface area contributed by atoms with Gasteiger partial charge in [-0.05, 0) is 36.0 Å². The van der Waals surface area contributed by atoms with E-state index in [4.69, 9.17) is 0 Å². The summed E-state index contributed by atoms with van der Waals surface area (Å²) in [6.45, 7) is 0. The lowest BCUT2D eigenvalue weighted by Crippen LogP contribution is -2.58. The fourth-order valence-electron chi connectivity index (χ4n) is 4.69. The first kappa shape index (κ1) is 24.7. The van der Waals surface area contributed by atoms with E-state index in [1.54, 1.807) is 6.07 Å². The fraction of sp³-hybridized carbons (Fsp3) is 0.375. The minimum absolute atomic E-state index is 0.102. The molecule has 1 saturated heterocycles. The van der Waals surface area contributed by atoms with Crippen LogP contribution in [0.3, 0.4) is 0 Å². The van der Waals surface area contributed by atoms with Crippen molar-refractivity contribution in [3.63, 3.8) is 0 Å². The lowest BCUT2D eigenvalue weighted by molar-refractivity contribution is -0.385. The van der Waals surface area contributed by atoms with E-state index in [9.17, 15) is 34.7 Å². The Bertz CT molecular complexity index is 1140. The smallest absolute Gasteiger partial charge is 0.327 e. The van der Waals surface area contributed by atoms with Gasteiger partial charge in [0.2, 0.25) is 5.91 Å². The summed E-state index contributed by atoms with van der Waals surface area (Å²) in [5.74, 6) is -2.20. The number of nitrogens with one attached hydrogen (secondary N) is 1. The van der Waals surface area contributed by atoms with Crippen molar-refractivity contribution in [1.82, 2.24) is 10.2 Å². The summed E-state index contributed by atoms with van der Waals surface area (Å²) >= 11 is 1.37. The lowest BCUT2D eigenvalue weighted by atomic mass is 9.96. The number of aryl methyl sites for hydroxylation is 1. The number of hydrogen-bond acceptors (Lipinski definition) is 7. The number of fused-ring (bicyclic) bond motifs is 3. The third-order valence-corrected chi connectivity index (χ3v) is 7.55. The molecule has 0 aromatic heterocycles. The average Bonchev–Trinajstić information content (AvgIpc) is 2.96. The van der Waals surface area contributed by atoms with Crippen molar-refractivity contribution in [2.24, 2.45) is 0 Å². The third-order valence-electron chi connectivity index (χ3n) is 6.45. The van der Waals surface area contributed by atoms with Crippen LogP contribution in [-0.4, -0.2) is 67.5 Å². The molecule has 0 unspecified atom stereocenters. The molecule has 1 amide bonds. The van der Waals surface area contributed by atoms with Gasteiger partial charge in [-0.25, -0.2) is 4.79 Å². The van der Waals surface area contributed by atoms with Crippen LogP contribution in [-0.2, 0) is 27.2 Å². The number of carbonyl (C=O) groups excluding carboxylic acids is 1. The summed E-state index contributed by atoms with van der Waals surface area (Å²) in [4.78, 5) is 49.9. The predicted octanol–water partition coefficient (Wildman–Crippen LogP) is 2.26. The van der Waals surface area contributed by atoms with E-state index in [2.05, 4.69) is 5.32 Å². The molecule has 0 bridgehead atoms. The second-order valence-electron chi connectivity index (χ2n) is 8.63. The maximum Gasteiger partial charge on any atom is 0.327 e. The van der Waals surface area contributed by atoms with Gasteiger partial charge in [-0.1, -0.05) is 36.4 Å². The van der Waals surface area contributed by atoms with Gasteiger partial charge in [-0.15, -0.1) is 0 Å². The standard InChI is InChI=1S/C24H25N3O7S/c28-22-19(25-18(23(29)30)9-6-14-4-2-1-3-5-14)10-15-7-8-16(27(33)34)11-17(15)20-12-35-13-21(24(31)32)26(20)22/h1-5,7-8,11,18-21,25H,6,9-10,12-13H2,(H,29,30)(H,31,32)/t18-,19+,20-,21+/m0/s1. The highest BCUT2D eigenvalue weighted by molar-refractivity contribution is 7.99. The Labute approximate surface area is 205 Å². The van der Waals surface area contributed by atoms with E-state index in [1.165, 1.54) is 28.8 Å². The number of carbonyl (C=O) groups is 3. The van der Waals surface area contributed by atoms with Gasteiger partial charge in [0.25, 0.3) is 5.69 Å². The highest BCUT2D eigenvalue weighted by Crippen LogP contribution is 2.39. The van der Waals surface area contributed by atoms with E-state index in [-0.39, 0.29) is 24.3 Å². The predicted molar refractivity (Wildman–Crippen MR) is 128 cm³/mol. The molecule has 2 heterocycles. The number of rotatable bonds is 8. The highest BCUT2D eigenvalue weighted by atomic mass is 32.2. The molecule has 0 radical (unpaired) electrons. The van der Waals surface area contributed by atoms with Gasteiger partial charge in [-0.3, -0.25) is 25.0 Å². The van der Waals surface area contributed by atoms with Gasteiger partial charge < -0.3 is 15.1 Å². The molecule has 0 aliphatic carbocycles. The summed E-state index contributed by atoms with van der Waals surface area (Å²) in [6, 6.07) is 9.92. The molecule has 2 aliphatic heterocycles. The number of nitro benzene ring substituents is 1. The molecule has 4 rings (SSSR count). The zero-order valence-electron chi connectivity index (χ0n) is 18.7. The first-order valence-electron chi connectivity index (χ1n) is 11.2. The van der Waals surface area contributed by atoms with Gasteiger partial charge in [-0.2, -0.15) is 11.8 Å². The van der Waals surface area contributed by atoms with Gasteiger partial charge in [0.15, 0.2) is 0 Å². The molecule has 0 spiro atoms. The number of hydrogen-bond donors (Lipinski definition) is 3. The zero-order valence-corrected chi connectivity index (χ0v) is 19.5. The van der Waals surface area contributed by atoms with Crippen LogP contribution < -0.4 is 5.32 Å². The Kier molecular flexibility index (Phi) is 7.37. The SMILES string of the molecule is O=C(O)[C@H](CCc1ccccc1)N[C@@H]1Cc2ccc([N+](=O)[O-])cc2[C@@H]2CSC[C@H](C(=O)O)N2C1=O. The Morgan fingerprint density at radius 1 is 1.17 bits per heavy atom. The van der Waals surface area contributed by atoms with Gasteiger partial charge in [0.05, 0.1) is 17.0 Å². The molecule has 3 N–H and O–H groups in total. The molecular formula is C24H25N3O7S. The number of carboxylic acid groups (broad SMARTS) is 2. The van der Waals surface area contributed by atoms with Gasteiger partial charge in [0, 0.05) is 23.6 Å². The molecule has 10 nitrogen and oxygen atoms in total. The van der Waals surface area contributed by atoms with Crippen LogP contribution >= 0.6 is 11.8 Å². The number of nitro groups is 1. The summed E-state index contributed by atoms with van der Waals surface area (Å²) in [5.41, 5.74) is 2.01. The first-order valence-corrected chi connectivity index (χ1v) is 12.3. The van der Waals surface area contributed by atoms with E-state index < -0.39 is 46.9 Å². The number of non-ortho nitro benzene ring substituents is 1. The molecule has 35 heavy (non-hydrogen) atoms. The molecule has 0 saturated carbocycles. The second-order valence-corrected chi connectivity index (χ2v) is 9.71. The van der Waals surface area contributed by atoms with E-state index >= 15 is 0 Å². The van der Waals surface area contributed by atoms with E-state index in [0.717, 1.165) is 5.56 Å². The Morgan fingerprint density at radius 2 is 1.91 bits per heavy atom. The number of benzene rings is 2. The van der Waals surface area contributed by atoms with Crippen LogP contribution in [0.4, 0.5) is 5.69 Å². The van der Waals surface area contributed by atoms with Crippen LogP contribution in [0, 0.1) is 10.1 Å². The molecule has 11 heteroatoms. The first-order chi connectivity index (χ1) is 16.8. The van der Waals surface area contributed by atoms with Crippen molar-refractivity contribution in [1.29, 1.82) is 0 Å². The van der Waals surface area contributed by atoms with Crippen molar-refractivity contribution >= 4 is 35.3 Å². The van der Waals surface area contributed by atoms with Crippen molar-refractivity contribution in [2.75, 3.05) is 11.5 Å². The quantitative estimate of drug-likeness (QED) is 0.367. The Hall–Kier alpha value is -3.44. The summed E-state index contributed by atoms with van der Waals surface area (Å²) < 4.78 is 0. The molecule has 2 aromatic carbocycles. The second kappa shape index (κ2) is 10.4. The van der Waals surface area contributed by atoms with Crippen LogP contribution in [0.25, 0.3) is 0 Å². The molecule has 4 atom stereocenters. The van der Waals surface area contributed by atoms with E-state index in [0.29, 0.717) is 23.3 Å². The number of carboxylic acids is 2. The minimum atomic E-state index is -1.16. The molecule has 1 fully saturated rings. The monoisotopic (exact) mass is 499 g/mol. The largest absolute Gasteiger partial charge is 0.480 e. The van der Waals surface area contributed by atoms with Crippen LogP contribution in [0.5, 0.6) is 0 Å². The van der Waals surface area contributed by atoms with Gasteiger partial charge in [0.1, 0.15) is 12.1 Å². The van der Waals surface area contributed by atoms with Crippen molar-refractivity contribution in [2.45, 2.75) is 43.4 Å². The molecule has 184 valence electrons. The maximum absolute atomic E-state index is 13.7. The molecule has 2 aliphatic rings. The summed E-state index contributed by atoms with van der Waals surface area (Å²) in [7, 11) is 0. The minimum Gasteiger partial charge on any atom is -0.480 e. The van der Waals surface area contributed by atoms with Crippen molar-refractivity contribution in [3.8, 4) is 0 Å². The van der Waals surface area contributed by atoms with Crippen LogP contribution in [0.1, 0.15) is 29.2 Å². The van der Waals surface area contributed by atoms with E-state index in [1.807, 2.05) is 30.3 Å².